The Labute approximate surface area is 126 Å². The SMILES string of the molecule is NCC1(N2CCN(c3ccc(F)cc3)CC2)CCCCC1. The standard InChI is InChI=1S/C17H26FN3/c18-15-4-6-16(7-5-15)20-10-12-21(13-11-20)17(14-19)8-2-1-3-9-17/h4-7H,1-3,8-14,19H2. The fourth-order valence-corrected chi connectivity index (χ4v) is 3.95. The lowest BCUT2D eigenvalue weighted by molar-refractivity contribution is 0.0519. The molecule has 21 heavy (non-hydrogen) atoms. The molecule has 0 bridgehead atoms. The smallest absolute Gasteiger partial charge is 0.123 e. The van der Waals surface area contributed by atoms with Crippen molar-refractivity contribution < 1.29 is 4.39 Å². The zero-order valence-corrected chi connectivity index (χ0v) is 12.7. The molecule has 116 valence electrons. The van der Waals surface area contributed by atoms with Gasteiger partial charge in [-0.15, -0.1) is 0 Å². The van der Waals surface area contributed by atoms with Gasteiger partial charge in [0.1, 0.15) is 5.82 Å². The molecule has 4 heteroatoms. The topological polar surface area (TPSA) is 32.5 Å². The molecule has 1 aliphatic carbocycles. The zero-order chi connectivity index (χ0) is 14.7. The highest BCUT2D eigenvalue weighted by Crippen LogP contribution is 2.34. The van der Waals surface area contributed by atoms with E-state index in [0.717, 1.165) is 38.4 Å². The third-order valence-electron chi connectivity index (χ3n) is 5.31. The molecule has 0 aromatic heterocycles. The fourth-order valence-electron chi connectivity index (χ4n) is 3.95. The Morgan fingerprint density at radius 3 is 2.14 bits per heavy atom. The van der Waals surface area contributed by atoms with Crippen LogP contribution >= 0.6 is 0 Å². The molecule has 1 aliphatic heterocycles. The van der Waals surface area contributed by atoms with Crippen molar-refractivity contribution in [3.63, 3.8) is 0 Å². The zero-order valence-electron chi connectivity index (χ0n) is 12.7. The van der Waals surface area contributed by atoms with E-state index in [0.29, 0.717) is 0 Å². The highest BCUT2D eigenvalue weighted by atomic mass is 19.1. The summed E-state index contributed by atoms with van der Waals surface area (Å²) in [7, 11) is 0. The molecule has 0 amide bonds. The number of piperazine rings is 1. The molecule has 1 aromatic carbocycles. The molecule has 3 nitrogen and oxygen atoms in total. The van der Waals surface area contributed by atoms with Crippen molar-refractivity contribution in [3.8, 4) is 0 Å². The number of anilines is 1. The predicted octanol–water partition coefficient (Wildman–Crippen LogP) is 2.61. The second-order valence-corrected chi connectivity index (χ2v) is 6.44. The van der Waals surface area contributed by atoms with Crippen LogP contribution < -0.4 is 10.6 Å². The molecule has 0 spiro atoms. The van der Waals surface area contributed by atoms with Crippen LogP contribution in [-0.4, -0.2) is 43.2 Å². The Morgan fingerprint density at radius 1 is 0.952 bits per heavy atom. The minimum atomic E-state index is -0.165. The summed E-state index contributed by atoms with van der Waals surface area (Å²) < 4.78 is 13.0. The van der Waals surface area contributed by atoms with Gasteiger partial charge in [0.2, 0.25) is 0 Å². The second kappa shape index (κ2) is 6.32. The van der Waals surface area contributed by atoms with Crippen LogP contribution in [0.25, 0.3) is 0 Å². The Morgan fingerprint density at radius 2 is 1.57 bits per heavy atom. The lowest BCUT2D eigenvalue weighted by Crippen LogP contribution is -2.61. The summed E-state index contributed by atoms with van der Waals surface area (Å²) in [5.41, 5.74) is 7.50. The molecule has 1 aromatic rings. The van der Waals surface area contributed by atoms with Crippen LogP contribution in [0.4, 0.5) is 10.1 Å². The van der Waals surface area contributed by atoms with Gasteiger partial charge in [-0.1, -0.05) is 19.3 Å². The molecule has 1 saturated carbocycles. The normalized spacial score (nSPS) is 23.2. The lowest BCUT2D eigenvalue weighted by atomic mass is 9.80. The van der Waals surface area contributed by atoms with E-state index in [1.165, 1.54) is 32.1 Å². The number of halogens is 1. The Balaban J connectivity index is 1.63. The van der Waals surface area contributed by atoms with Gasteiger partial charge in [0.15, 0.2) is 0 Å². The van der Waals surface area contributed by atoms with Crippen molar-refractivity contribution in [2.24, 2.45) is 5.73 Å². The lowest BCUT2D eigenvalue weighted by Gasteiger charge is -2.49. The number of hydrogen-bond donors (Lipinski definition) is 1. The summed E-state index contributed by atoms with van der Waals surface area (Å²) in [5.74, 6) is -0.165. The van der Waals surface area contributed by atoms with E-state index in [1.807, 2.05) is 12.1 Å². The van der Waals surface area contributed by atoms with Crippen molar-refractivity contribution in [2.75, 3.05) is 37.6 Å². The molecule has 0 unspecified atom stereocenters. The number of hydrogen-bond acceptors (Lipinski definition) is 3. The van der Waals surface area contributed by atoms with Crippen LogP contribution in [0.2, 0.25) is 0 Å². The number of nitrogens with two attached hydrogens (primary N) is 1. The van der Waals surface area contributed by atoms with E-state index in [1.54, 1.807) is 12.1 Å². The van der Waals surface area contributed by atoms with Crippen molar-refractivity contribution in [1.82, 2.24) is 4.90 Å². The van der Waals surface area contributed by atoms with Crippen molar-refractivity contribution in [1.29, 1.82) is 0 Å². The van der Waals surface area contributed by atoms with E-state index in [9.17, 15) is 4.39 Å². The number of rotatable bonds is 3. The summed E-state index contributed by atoms with van der Waals surface area (Å²) in [6.07, 6.45) is 6.49. The van der Waals surface area contributed by atoms with Crippen LogP contribution in [0, 0.1) is 5.82 Å². The quantitative estimate of drug-likeness (QED) is 0.929. The van der Waals surface area contributed by atoms with Crippen LogP contribution in [0.5, 0.6) is 0 Å². The summed E-state index contributed by atoms with van der Waals surface area (Å²) in [4.78, 5) is 4.97. The minimum absolute atomic E-state index is 0.165. The third kappa shape index (κ3) is 3.06. The van der Waals surface area contributed by atoms with Gasteiger partial charge in [-0.3, -0.25) is 4.90 Å². The molecular formula is C17H26FN3. The van der Waals surface area contributed by atoms with Crippen molar-refractivity contribution in [2.45, 2.75) is 37.6 Å². The van der Waals surface area contributed by atoms with Crippen LogP contribution in [0.15, 0.2) is 24.3 Å². The first-order chi connectivity index (χ1) is 10.2. The third-order valence-corrected chi connectivity index (χ3v) is 5.31. The second-order valence-electron chi connectivity index (χ2n) is 6.44. The summed E-state index contributed by atoms with van der Waals surface area (Å²) >= 11 is 0. The van der Waals surface area contributed by atoms with Gasteiger partial charge >= 0.3 is 0 Å². The molecule has 2 fully saturated rings. The Hall–Kier alpha value is -1.13. The predicted molar refractivity (Wildman–Crippen MR) is 85.1 cm³/mol. The molecule has 3 rings (SSSR count). The number of nitrogens with zero attached hydrogens (tertiary/aromatic N) is 2. The molecule has 1 saturated heterocycles. The van der Waals surface area contributed by atoms with Crippen molar-refractivity contribution in [3.05, 3.63) is 30.1 Å². The maximum Gasteiger partial charge on any atom is 0.123 e. The first-order valence-electron chi connectivity index (χ1n) is 8.19. The summed E-state index contributed by atoms with van der Waals surface area (Å²) in [5, 5.41) is 0. The van der Waals surface area contributed by atoms with Crippen molar-refractivity contribution >= 4 is 5.69 Å². The fraction of sp³-hybridized carbons (Fsp3) is 0.647. The van der Waals surface area contributed by atoms with Crippen LogP contribution in [0.3, 0.4) is 0 Å². The van der Waals surface area contributed by atoms with E-state index in [4.69, 9.17) is 5.73 Å². The van der Waals surface area contributed by atoms with Gasteiger partial charge < -0.3 is 10.6 Å². The first kappa shape index (κ1) is 14.8. The van der Waals surface area contributed by atoms with Gasteiger partial charge in [-0.2, -0.15) is 0 Å². The highest BCUT2D eigenvalue weighted by Gasteiger charge is 2.38. The van der Waals surface area contributed by atoms with Gasteiger partial charge in [-0.05, 0) is 37.1 Å². The van der Waals surface area contributed by atoms with E-state index in [-0.39, 0.29) is 11.4 Å². The maximum atomic E-state index is 13.0. The van der Waals surface area contributed by atoms with Gasteiger partial charge in [-0.25, -0.2) is 4.39 Å². The van der Waals surface area contributed by atoms with E-state index >= 15 is 0 Å². The maximum absolute atomic E-state index is 13.0. The average Bonchev–Trinajstić information content (AvgIpc) is 2.56. The first-order valence-corrected chi connectivity index (χ1v) is 8.19. The van der Waals surface area contributed by atoms with Gasteiger partial charge in [0.05, 0.1) is 0 Å². The Kier molecular flexibility index (Phi) is 4.45. The molecule has 1 heterocycles. The molecule has 0 radical (unpaired) electrons. The minimum Gasteiger partial charge on any atom is -0.369 e. The summed E-state index contributed by atoms with van der Waals surface area (Å²) in [6, 6.07) is 6.85. The highest BCUT2D eigenvalue weighted by molar-refractivity contribution is 5.46. The monoisotopic (exact) mass is 291 g/mol. The van der Waals surface area contributed by atoms with E-state index in [2.05, 4.69) is 9.80 Å². The van der Waals surface area contributed by atoms with Crippen LogP contribution in [0.1, 0.15) is 32.1 Å². The summed E-state index contributed by atoms with van der Waals surface area (Å²) in [6.45, 7) is 4.92. The average molecular weight is 291 g/mol. The number of benzene rings is 1. The molecule has 0 atom stereocenters. The van der Waals surface area contributed by atoms with E-state index < -0.39 is 0 Å². The van der Waals surface area contributed by atoms with Crippen LogP contribution in [-0.2, 0) is 0 Å². The van der Waals surface area contributed by atoms with Gasteiger partial charge in [0.25, 0.3) is 0 Å². The molecule has 2 aliphatic rings. The molecular weight excluding hydrogens is 265 g/mol. The Bertz CT molecular complexity index is 446. The largest absolute Gasteiger partial charge is 0.369 e. The van der Waals surface area contributed by atoms with Gasteiger partial charge in [0, 0.05) is 44.0 Å². The molecule has 2 N–H and O–H groups in total.